The molecule has 0 aliphatic carbocycles. The van der Waals surface area contributed by atoms with Crippen LogP contribution in [0.2, 0.25) is 5.02 Å². The minimum Gasteiger partial charge on any atom is -0.462 e. The minimum absolute atomic E-state index is 0.356. The summed E-state index contributed by atoms with van der Waals surface area (Å²) in [6.45, 7) is 2.65. The van der Waals surface area contributed by atoms with Crippen LogP contribution >= 0.6 is 11.6 Å². The molecule has 4 nitrogen and oxygen atoms in total. The molecule has 0 saturated carbocycles. The predicted molar refractivity (Wildman–Crippen MR) is 68.7 cm³/mol. The van der Waals surface area contributed by atoms with Crippen molar-refractivity contribution >= 4 is 17.6 Å². The van der Waals surface area contributed by atoms with Crippen LogP contribution in [-0.4, -0.2) is 22.4 Å². The van der Waals surface area contributed by atoms with Gasteiger partial charge in [0.2, 0.25) is 0 Å². The normalized spacial score (nSPS) is 10.3. The Labute approximate surface area is 110 Å². The molecule has 0 radical (unpaired) electrons. The third-order valence-electron chi connectivity index (χ3n) is 2.43. The van der Waals surface area contributed by atoms with Crippen molar-refractivity contribution in [3.63, 3.8) is 0 Å². The van der Waals surface area contributed by atoms with Crippen LogP contribution in [0.1, 0.15) is 22.8 Å². The van der Waals surface area contributed by atoms with Crippen molar-refractivity contribution in [2.24, 2.45) is 0 Å². The average molecular weight is 265 g/mol. The van der Waals surface area contributed by atoms with E-state index in [9.17, 15) is 4.79 Å². The lowest BCUT2D eigenvalue weighted by molar-refractivity contribution is 0.0526. The molecule has 0 spiro atoms. The van der Waals surface area contributed by atoms with Crippen molar-refractivity contribution in [3.8, 4) is 0 Å². The molecule has 0 aliphatic heterocycles. The largest absolute Gasteiger partial charge is 0.462 e. The van der Waals surface area contributed by atoms with Gasteiger partial charge < -0.3 is 4.74 Å². The molecule has 2 rings (SSSR count). The van der Waals surface area contributed by atoms with E-state index in [4.69, 9.17) is 16.3 Å². The van der Waals surface area contributed by atoms with E-state index in [2.05, 4.69) is 5.10 Å². The van der Waals surface area contributed by atoms with E-state index in [-0.39, 0.29) is 5.97 Å². The molecule has 5 heteroatoms. The molecule has 0 aliphatic rings. The fourth-order valence-corrected chi connectivity index (χ4v) is 1.77. The van der Waals surface area contributed by atoms with Crippen molar-refractivity contribution in [3.05, 3.63) is 52.8 Å². The Morgan fingerprint density at radius 1 is 1.44 bits per heavy atom. The molecule has 1 aromatic carbocycles. The van der Waals surface area contributed by atoms with E-state index < -0.39 is 0 Å². The second-order valence-electron chi connectivity index (χ2n) is 3.74. The molecule has 0 fully saturated rings. The molecular weight excluding hydrogens is 252 g/mol. The van der Waals surface area contributed by atoms with Gasteiger partial charge in [-0.3, -0.25) is 4.68 Å². The molecule has 0 saturated heterocycles. The zero-order chi connectivity index (χ0) is 13.0. The number of nitrogens with zero attached hydrogens (tertiary/aromatic N) is 2. The molecular formula is C13H13ClN2O2. The fourth-order valence-electron chi connectivity index (χ4n) is 1.57. The van der Waals surface area contributed by atoms with E-state index in [0.29, 0.717) is 23.7 Å². The highest BCUT2D eigenvalue weighted by Crippen LogP contribution is 2.16. The maximum absolute atomic E-state index is 11.5. The molecule has 94 valence electrons. The van der Waals surface area contributed by atoms with Gasteiger partial charge in [0.15, 0.2) is 0 Å². The summed E-state index contributed by atoms with van der Waals surface area (Å²) >= 11 is 6.06. The van der Waals surface area contributed by atoms with E-state index in [0.717, 1.165) is 5.56 Å². The molecule has 0 atom stereocenters. The first-order valence-corrected chi connectivity index (χ1v) is 6.01. The van der Waals surface area contributed by atoms with Gasteiger partial charge in [-0.2, -0.15) is 5.10 Å². The maximum Gasteiger partial charge on any atom is 0.341 e. The number of carbonyl (C=O) groups excluding carboxylic acids is 1. The first-order chi connectivity index (χ1) is 8.70. The maximum atomic E-state index is 11.5. The van der Waals surface area contributed by atoms with Gasteiger partial charge in [0.25, 0.3) is 0 Å². The lowest BCUT2D eigenvalue weighted by atomic mass is 10.2. The summed E-state index contributed by atoms with van der Waals surface area (Å²) < 4.78 is 6.56. The monoisotopic (exact) mass is 264 g/mol. The molecule has 1 aromatic heterocycles. The SMILES string of the molecule is CCOC(=O)c1cnn(Cc2ccccc2Cl)c1. The van der Waals surface area contributed by atoms with Gasteiger partial charge in [0, 0.05) is 11.2 Å². The van der Waals surface area contributed by atoms with Crippen LogP contribution in [0.3, 0.4) is 0 Å². The Balaban J connectivity index is 2.12. The molecule has 0 amide bonds. The van der Waals surface area contributed by atoms with Crippen molar-refractivity contribution in [2.75, 3.05) is 6.61 Å². The van der Waals surface area contributed by atoms with Crippen LogP contribution in [0.25, 0.3) is 0 Å². The van der Waals surface area contributed by atoms with Gasteiger partial charge in [-0.25, -0.2) is 4.79 Å². The Bertz CT molecular complexity index is 551. The number of halogens is 1. The Kier molecular flexibility index (Phi) is 3.99. The highest BCUT2D eigenvalue weighted by Gasteiger charge is 2.09. The van der Waals surface area contributed by atoms with Crippen molar-refractivity contribution in [2.45, 2.75) is 13.5 Å². The number of hydrogen-bond acceptors (Lipinski definition) is 3. The molecule has 0 N–H and O–H groups in total. The lowest BCUT2D eigenvalue weighted by Gasteiger charge is -2.03. The average Bonchev–Trinajstić information content (AvgIpc) is 2.81. The third-order valence-corrected chi connectivity index (χ3v) is 2.80. The van der Waals surface area contributed by atoms with Crippen molar-refractivity contribution in [1.82, 2.24) is 9.78 Å². The van der Waals surface area contributed by atoms with Crippen LogP contribution < -0.4 is 0 Å². The summed E-state index contributed by atoms with van der Waals surface area (Å²) in [5, 5.41) is 4.80. The van der Waals surface area contributed by atoms with E-state index in [1.54, 1.807) is 17.8 Å². The Morgan fingerprint density at radius 2 is 2.22 bits per heavy atom. The van der Waals surface area contributed by atoms with E-state index in [1.165, 1.54) is 6.20 Å². The zero-order valence-electron chi connectivity index (χ0n) is 9.97. The topological polar surface area (TPSA) is 44.1 Å². The molecule has 2 aromatic rings. The third kappa shape index (κ3) is 2.90. The van der Waals surface area contributed by atoms with E-state index in [1.807, 2.05) is 24.3 Å². The number of carbonyl (C=O) groups is 1. The second-order valence-corrected chi connectivity index (χ2v) is 4.15. The molecule has 0 bridgehead atoms. The minimum atomic E-state index is -0.358. The Hall–Kier alpha value is -1.81. The van der Waals surface area contributed by atoms with E-state index >= 15 is 0 Å². The highest BCUT2D eigenvalue weighted by molar-refractivity contribution is 6.31. The lowest BCUT2D eigenvalue weighted by Crippen LogP contribution is -2.04. The second kappa shape index (κ2) is 5.69. The number of hydrogen-bond donors (Lipinski definition) is 0. The van der Waals surface area contributed by atoms with Crippen LogP contribution in [0.4, 0.5) is 0 Å². The molecule has 0 unspecified atom stereocenters. The highest BCUT2D eigenvalue weighted by atomic mass is 35.5. The van der Waals surface area contributed by atoms with Crippen LogP contribution in [0, 0.1) is 0 Å². The number of aromatic nitrogens is 2. The van der Waals surface area contributed by atoms with Gasteiger partial charge in [0.05, 0.1) is 24.9 Å². The number of benzene rings is 1. The first kappa shape index (κ1) is 12.6. The number of rotatable bonds is 4. The quantitative estimate of drug-likeness (QED) is 0.798. The van der Waals surface area contributed by atoms with Crippen LogP contribution in [0.5, 0.6) is 0 Å². The summed E-state index contributed by atoms with van der Waals surface area (Å²) in [4.78, 5) is 11.5. The van der Waals surface area contributed by atoms with Crippen LogP contribution in [-0.2, 0) is 11.3 Å². The number of esters is 1. The standard InChI is InChI=1S/C13H13ClN2O2/c1-2-18-13(17)11-7-15-16(9-11)8-10-5-3-4-6-12(10)14/h3-7,9H,2,8H2,1H3. The van der Waals surface area contributed by atoms with Gasteiger partial charge >= 0.3 is 5.97 Å². The fraction of sp³-hybridized carbons (Fsp3) is 0.231. The van der Waals surface area contributed by atoms with Gasteiger partial charge in [-0.1, -0.05) is 29.8 Å². The van der Waals surface area contributed by atoms with Gasteiger partial charge in [-0.05, 0) is 18.6 Å². The zero-order valence-corrected chi connectivity index (χ0v) is 10.7. The smallest absolute Gasteiger partial charge is 0.341 e. The van der Waals surface area contributed by atoms with Gasteiger partial charge in [-0.15, -0.1) is 0 Å². The summed E-state index contributed by atoms with van der Waals surface area (Å²) in [5.74, 6) is -0.358. The first-order valence-electron chi connectivity index (χ1n) is 5.63. The summed E-state index contributed by atoms with van der Waals surface area (Å²) in [6.07, 6.45) is 3.15. The summed E-state index contributed by atoms with van der Waals surface area (Å²) in [5.41, 5.74) is 1.40. The predicted octanol–water partition coefficient (Wildman–Crippen LogP) is 2.76. The van der Waals surface area contributed by atoms with Crippen LogP contribution in [0.15, 0.2) is 36.7 Å². The summed E-state index contributed by atoms with van der Waals surface area (Å²) in [6, 6.07) is 7.54. The summed E-state index contributed by atoms with van der Waals surface area (Å²) in [7, 11) is 0. The van der Waals surface area contributed by atoms with Gasteiger partial charge in [0.1, 0.15) is 0 Å². The molecule has 1 heterocycles. The Morgan fingerprint density at radius 3 is 2.94 bits per heavy atom. The number of ether oxygens (including phenoxy) is 1. The molecule has 18 heavy (non-hydrogen) atoms. The van der Waals surface area contributed by atoms with Crippen molar-refractivity contribution < 1.29 is 9.53 Å². The van der Waals surface area contributed by atoms with Crippen molar-refractivity contribution in [1.29, 1.82) is 0 Å².